The lowest BCUT2D eigenvalue weighted by atomic mass is 9.77. The summed E-state index contributed by atoms with van der Waals surface area (Å²) in [5, 5.41) is 21.8. The third-order valence-corrected chi connectivity index (χ3v) is 5.65. The molecular weight excluding hydrogens is 437 g/mol. The molecule has 1 aliphatic rings. The number of rotatable bonds is 5. The Kier molecular flexibility index (Phi) is 5.55. The number of anilines is 1. The Bertz CT molecular complexity index is 1170. The molecule has 1 aliphatic carbocycles. The lowest BCUT2D eigenvalue weighted by Crippen LogP contribution is -2.48. The van der Waals surface area contributed by atoms with Crippen LogP contribution >= 0.6 is 0 Å². The Balaban J connectivity index is 1.69. The van der Waals surface area contributed by atoms with Crippen LogP contribution in [0.5, 0.6) is 5.75 Å². The third-order valence-electron chi connectivity index (χ3n) is 5.65. The van der Waals surface area contributed by atoms with Crippen molar-refractivity contribution in [3.63, 3.8) is 0 Å². The number of fused-ring (bicyclic) bond motifs is 1. The van der Waals surface area contributed by atoms with Crippen LogP contribution < -0.4 is 10.1 Å². The molecule has 2 N–H and O–H groups in total. The monoisotopic (exact) mass is 464 g/mol. The van der Waals surface area contributed by atoms with E-state index in [4.69, 9.17) is 14.1 Å². The fourth-order valence-electron chi connectivity index (χ4n) is 4.06. The van der Waals surface area contributed by atoms with Crippen molar-refractivity contribution in [2.45, 2.75) is 70.7 Å². The van der Waals surface area contributed by atoms with E-state index in [-0.39, 0.29) is 23.7 Å². The summed E-state index contributed by atoms with van der Waals surface area (Å²) >= 11 is 0. The van der Waals surface area contributed by atoms with Crippen molar-refractivity contribution in [2.24, 2.45) is 0 Å². The highest BCUT2D eigenvalue weighted by Crippen LogP contribution is 2.37. The Morgan fingerprint density at radius 2 is 1.88 bits per heavy atom. The number of aliphatic hydroxyl groups is 1. The van der Waals surface area contributed by atoms with E-state index in [1.54, 1.807) is 25.1 Å². The maximum atomic E-state index is 12.7. The van der Waals surface area contributed by atoms with E-state index in [1.807, 2.05) is 27.7 Å². The quantitative estimate of drug-likeness (QED) is 0.539. The molecule has 2 aromatic heterocycles. The van der Waals surface area contributed by atoms with Gasteiger partial charge in [-0.1, -0.05) is 25.9 Å². The van der Waals surface area contributed by atoms with Gasteiger partial charge in [0.15, 0.2) is 6.61 Å². The van der Waals surface area contributed by atoms with Crippen LogP contribution in [0.2, 0.25) is 0 Å². The first kappa shape index (κ1) is 23.3. The number of nitrogens with one attached hydrogen (secondary N) is 1. The first-order chi connectivity index (χ1) is 15.2. The van der Waals surface area contributed by atoms with Crippen LogP contribution in [0.15, 0.2) is 22.6 Å². The normalized spacial score (nSPS) is 21.2. The van der Waals surface area contributed by atoms with Crippen LogP contribution in [0.1, 0.15) is 51.7 Å². The summed E-state index contributed by atoms with van der Waals surface area (Å²) in [7, 11) is 0. The lowest BCUT2D eigenvalue weighted by molar-refractivity contribution is -0.153. The van der Waals surface area contributed by atoms with Crippen LogP contribution in [-0.2, 0) is 5.41 Å². The first-order valence-corrected chi connectivity index (χ1v) is 10.7. The second kappa shape index (κ2) is 7.86. The van der Waals surface area contributed by atoms with E-state index in [9.17, 15) is 18.3 Å². The largest absolute Gasteiger partial charge is 0.484 e. The number of aryl methyl sites for hydroxylation is 1. The fourth-order valence-corrected chi connectivity index (χ4v) is 4.06. The van der Waals surface area contributed by atoms with Gasteiger partial charge in [-0.2, -0.15) is 13.2 Å². The van der Waals surface area contributed by atoms with Gasteiger partial charge in [0, 0.05) is 11.4 Å². The third kappa shape index (κ3) is 5.21. The summed E-state index contributed by atoms with van der Waals surface area (Å²) < 4.78 is 48.8. The summed E-state index contributed by atoms with van der Waals surface area (Å²) in [4.78, 5) is 4.73. The minimum absolute atomic E-state index is 0.0576. The summed E-state index contributed by atoms with van der Waals surface area (Å²) in [6.07, 6.45) is -3.25. The van der Waals surface area contributed by atoms with Crippen molar-refractivity contribution in [3.8, 4) is 17.3 Å². The van der Waals surface area contributed by atoms with Gasteiger partial charge in [0.05, 0.1) is 11.1 Å². The van der Waals surface area contributed by atoms with E-state index in [2.05, 4.69) is 15.5 Å². The zero-order chi connectivity index (χ0) is 24.2. The van der Waals surface area contributed by atoms with Crippen LogP contribution in [0.3, 0.4) is 0 Å². The first-order valence-electron chi connectivity index (χ1n) is 10.7. The molecule has 0 amide bonds. The molecule has 0 bridgehead atoms. The maximum Gasteiger partial charge on any atom is 0.422 e. The van der Waals surface area contributed by atoms with Gasteiger partial charge in [-0.05, 0) is 61.4 Å². The highest BCUT2D eigenvalue weighted by molar-refractivity contribution is 5.89. The zero-order valence-electron chi connectivity index (χ0n) is 19.2. The Morgan fingerprint density at radius 1 is 1.18 bits per heavy atom. The van der Waals surface area contributed by atoms with Gasteiger partial charge in [-0.15, -0.1) is 5.10 Å². The van der Waals surface area contributed by atoms with Gasteiger partial charge in [-0.25, -0.2) is 4.98 Å². The number of hydrogen-bond donors (Lipinski definition) is 2. The molecule has 33 heavy (non-hydrogen) atoms. The van der Waals surface area contributed by atoms with Gasteiger partial charge < -0.3 is 19.6 Å². The number of hydrogen-bond acceptors (Lipinski definition) is 7. The second-order valence-corrected chi connectivity index (χ2v) is 10.0. The zero-order valence-corrected chi connectivity index (χ0v) is 19.2. The molecule has 0 aliphatic heterocycles. The minimum atomic E-state index is -4.42. The van der Waals surface area contributed by atoms with Crippen molar-refractivity contribution in [1.82, 2.24) is 15.2 Å². The van der Waals surface area contributed by atoms with Crippen LogP contribution in [0.4, 0.5) is 19.2 Å². The number of halogens is 3. The highest BCUT2D eigenvalue weighted by atomic mass is 19.4. The molecule has 1 aromatic carbocycles. The maximum absolute atomic E-state index is 12.7. The molecule has 7 nitrogen and oxygen atoms in total. The molecule has 1 saturated carbocycles. The van der Waals surface area contributed by atoms with Crippen molar-refractivity contribution in [2.75, 3.05) is 11.9 Å². The van der Waals surface area contributed by atoms with Crippen molar-refractivity contribution in [1.29, 1.82) is 0 Å². The number of ether oxygens (including phenoxy) is 1. The van der Waals surface area contributed by atoms with E-state index in [0.29, 0.717) is 29.4 Å². The molecule has 1 fully saturated rings. The molecule has 0 saturated heterocycles. The number of benzene rings is 1. The van der Waals surface area contributed by atoms with Crippen LogP contribution in [0, 0.1) is 6.92 Å². The molecule has 0 atom stereocenters. The summed E-state index contributed by atoms with van der Waals surface area (Å²) in [5.41, 5.74) is 1.56. The predicted octanol–water partition coefficient (Wildman–Crippen LogP) is 5.16. The van der Waals surface area contributed by atoms with Gasteiger partial charge in [0.1, 0.15) is 11.4 Å². The predicted molar refractivity (Wildman–Crippen MR) is 117 cm³/mol. The van der Waals surface area contributed by atoms with Gasteiger partial charge in [-0.3, -0.25) is 0 Å². The average Bonchev–Trinajstić information content (AvgIpc) is 3.12. The van der Waals surface area contributed by atoms with Crippen LogP contribution in [0.25, 0.3) is 22.5 Å². The average molecular weight is 464 g/mol. The highest BCUT2D eigenvalue weighted by Gasteiger charge is 2.39. The number of aromatic nitrogens is 3. The molecule has 178 valence electrons. The fraction of sp³-hybridized carbons (Fsp3) is 0.522. The smallest absolute Gasteiger partial charge is 0.422 e. The van der Waals surface area contributed by atoms with Crippen molar-refractivity contribution in [3.05, 3.63) is 29.3 Å². The Hall–Kier alpha value is -2.88. The molecule has 0 unspecified atom stereocenters. The van der Waals surface area contributed by atoms with E-state index in [0.717, 1.165) is 11.1 Å². The molecule has 10 heteroatoms. The van der Waals surface area contributed by atoms with Gasteiger partial charge >= 0.3 is 12.2 Å². The molecule has 2 heterocycles. The molecule has 4 rings (SSSR count). The topological polar surface area (TPSA) is 93.3 Å². The SMILES string of the molecule is Cc1cc(-c2nnc(N[C@H]3C[C@@](C)(O)C3)o2)nc2c(C(C)(C)C)cc(OCC(F)(F)F)cc12. The standard InChI is InChI=1S/C23H27F3N4O3/c1-12-6-17(19-29-30-20(33-19)27-13-9-22(5,31)10-13)28-18-15(12)7-14(32-11-23(24,25)26)8-16(18)21(2,3)4/h6-8,13,31H,9-11H2,1-5H3,(H,27,30)/t13-,22+. The van der Waals surface area contributed by atoms with Crippen molar-refractivity contribution >= 4 is 16.9 Å². The summed E-state index contributed by atoms with van der Waals surface area (Å²) in [6, 6.07) is 5.24. The van der Waals surface area contributed by atoms with Gasteiger partial charge in [0.2, 0.25) is 0 Å². The van der Waals surface area contributed by atoms with Gasteiger partial charge in [0.25, 0.3) is 5.89 Å². The Labute approximate surface area is 189 Å². The van der Waals surface area contributed by atoms with Crippen molar-refractivity contribution < 1.29 is 27.4 Å². The molecule has 3 aromatic rings. The number of alkyl halides is 3. The lowest BCUT2D eigenvalue weighted by Gasteiger charge is -2.40. The van der Waals surface area contributed by atoms with E-state index < -0.39 is 23.8 Å². The molecular formula is C23H27F3N4O3. The second-order valence-electron chi connectivity index (χ2n) is 10.0. The number of nitrogens with zero attached hydrogens (tertiary/aromatic N) is 3. The summed E-state index contributed by atoms with van der Waals surface area (Å²) in [6.45, 7) is 8.14. The Morgan fingerprint density at radius 3 is 2.48 bits per heavy atom. The minimum Gasteiger partial charge on any atom is -0.484 e. The van der Waals surface area contributed by atoms with Crippen LogP contribution in [-0.4, -0.2) is 44.7 Å². The summed E-state index contributed by atoms with van der Waals surface area (Å²) in [5.74, 6) is 0.369. The van der Waals surface area contributed by atoms with E-state index in [1.165, 1.54) is 0 Å². The molecule has 0 radical (unpaired) electrons. The molecule has 0 spiro atoms. The van der Waals surface area contributed by atoms with E-state index >= 15 is 0 Å². The number of pyridine rings is 1.